The van der Waals surface area contributed by atoms with Crippen LogP contribution in [0.15, 0.2) is 24.3 Å². The zero-order chi connectivity index (χ0) is 15.3. The minimum atomic E-state index is 0.162. The molecule has 1 aliphatic heterocycles. The van der Waals surface area contributed by atoms with Crippen molar-refractivity contribution in [3.63, 3.8) is 0 Å². The van der Waals surface area contributed by atoms with E-state index in [1.165, 1.54) is 6.42 Å². The molecule has 1 saturated heterocycles. The van der Waals surface area contributed by atoms with Gasteiger partial charge in [0.1, 0.15) is 5.75 Å². The van der Waals surface area contributed by atoms with Crippen molar-refractivity contribution in [3.8, 4) is 5.75 Å². The van der Waals surface area contributed by atoms with Crippen LogP contribution >= 0.6 is 0 Å². The Kier molecular flexibility index (Phi) is 5.48. The molecule has 0 spiro atoms. The van der Waals surface area contributed by atoms with Crippen molar-refractivity contribution in [2.24, 2.45) is 5.41 Å². The minimum Gasteiger partial charge on any atom is -0.508 e. The zero-order valence-electron chi connectivity index (χ0n) is 13.4. The number of aromatic hydroxyl groups is 1. The zero-order valence-corrected chi connectivity index (χ0v) is 13.4. The summed E-state index contributed by atoms with van der Waals surface area (Å²) >= 11 is 0. The lowest BCUT2D eigenvalue weighted by molar-refractivity contribution is -0.00359. The van der Waals surface area contributed by atoms with Gasteiger partial charge in [-0.3, -0.25) is 0 Å². The number of nitrogens with zero attached hydrogens (tertiary/aromatic N) is 1. The standard InChI is InChI=1S/C17H28N2O2/c1-14(2)18-11-17(9-4-10-21-13-17)12-19(3)15-5-7-16(20)8-6-15/h5-8,14,18,20H,4,9-13H2,1-3H3. The van der Waals surface area contributed by atoms with Crippen molar-refractivity contribution >= 4 is 5.69 Å². The van der Waals surface area contributed by atoms with Crippen LogP contribution in [0.3, 0.4) is 0 Å². The smallest absolute Gasteiger partial charge is 0.115 e. The van der Waals surface area contributed by atoms with E-state index >= 15 is 0 Å². The van der Waals surface area contributed by atoms with Crippen LogP contribution in [0.1, 0.15) is 26.7 Å². The maximum absolute atomic E-state index is 9.41. The summed E-state index contributed by atoms with van der Waals surface area (Å²) in [5.41, 5.74) is 1.29. The molecule has 1 unspecified atom stereocenters. The van der Waals surface area contributed by atoms with Crippen molar-refractivity contribution in [2.75, 3.05) is 38.3 Å². The highest BCUT2D eigenvalue weighted by molar-refractivity contribution is 5.48. The van der Waals surface area contributed by atoms with E-state index in [1.54, 1.807) is 12.1 Å². The molecule has 0 aromatic heterocycles. The molecule has 21 heavy (non-hydrogen) atoms. The molecule has 0 saturated carbocycles. The summed E-state index contributed by atoms with van der Waals surface area (Å²) < 4.78 is 5.77. The second-order valence-corrected chi connectivity index (χ2v) is 6.56. The van der Waals surface area contributed by atoms with E-state index in [0.717, 1.165) is 38.4 Å². The summed E-state index contributed by atoms with van der Waals surface area (Å²) in [5, 5.41) is 13.0. The van der Waals surface area contributed by atoms with Gasteiger partial charge in [-0.1, -0.05) is 13.8 Å². The van der Waals surface area contributed by atoms with Gasteiger partial charge >= 0.3 is 0 Å². The van der Waals surface area contributed by atoms with Crippen LogP contribution in [0.4, 0.5) is 5.69 Å². The highest BCUT2D eigenvalue weighted by Crippen LogP contribution is 2.31. The van der Waals surface area contributed by atoms with E-state index in [0.29, 0.717) is 11.8 Å². The first-order valence-corrected chi connectivity index (χ1v) is 7.82. The normalized spacial score (nSPS) is 22.5. The predicted molar refractivity (Wildman–Crippen MR) is 87.0 cm³/mol. The van der Waals surface area contributed by atoms with Crippen molar-refractivity contribution < 1.29 is 9.84 Å². The molecule has 1 aliphatic rings. The summed E-state index contributed by atoms with van der Waals surface area (Å²) in [7, 11) is 2.11. The van der Waals surface area contributed by atoms with Gasteiger partial charge in [0.25, 0.3) is 0 Å². The molecule has 1 aromatic carbocycles. The van der Waals surface area contributed by atoms with Crippen molar-refractivity contribution in [3.05, 3.63) is 24.3 Å². The Morgan fingerprint density at radius 1 is 1.33 bits per heavy atom. The van der Waals surface area contributed by atoms with Gasteiger partial charge in [0.05, 0.1) is 6.61 Å². The molecule has 2 rings (SSSR count). The van der Waals surface area contributed by atoms with Gasteiger partial charge in [-0.05, 0) is 37.1 Å². The number of anilines is 1. The van der Waals surface area contributed by atoms with E-state index in [1.807, 2.05) is 12.1 Å². The molecule has 0 amide bonds. The first-order chi connectivity index (χ1) is 10.0. The summed E-state index contributed by atoms with van der Waals surface area (Å²) in [4.78, 5) is 2.26. The molecule has 2 N–H and O–H groups in total. The number of phenols is 1. The maximum atomic E-state index is 9.41. The summed E-state index contributed by atoms with van der Waals surface area (Å²) in [6.45, 7) is 7.99. The van der Waals surface area contributed by atoms with E-state index in [2.05, 4.69) is 31.1 Å². The molecule has 0 radical (unpaired) electrons. The number of phenolic OH excluding ortho intramolecular Hbond substituents is 1. The molecule has 4 heteroatoms. The number of hydrogen-bond acceptors (Lipinski definition) is 4. The van der Waals surface area contributed by atoms with E-state index in [4.69, 9.17) is 4.74 Å². The molecule has 1 aromatic rings. The van der Waals surface area contributed by atoms with Crippen LogP contribution in [0.5, 0.6) is 5.75 Å². The Morgan fingerprint density at radius 3 is 2.62 bits per heavy atom. The fraction of sp³-hybridized carbons (Fsp3) is 0.647. The number of rotatable bonds is 6. The van der Waals surface area contributed by atoms with E-state index in [-0.39, 0.29) is 5.41 Å². The fourth-order valence-corrected chi connectivity index (χ4v) is 2.95. The van der Waals surface area contributed by atoms with Gasteiger partial charge in [0, 0.05) is 43.9 Å². The Bertz CT molecular complexity index is 425. The van der Waals surface area contributed by atoms with Gasteiger partial charge < -0.3 is 20.1 Å². The average molecular weight is 292 g/mol. The van der Waals surface area contributed by atoms with Gasteiger partial charge in [-0.15, -0.1) is 0 Å². The monoisotopic (exact) mass is 292 g/mol. The third kappa shape index (κ3) is 4.61. The topological polar surface area (TPSA) is 44.7 Å². The number of benzene rings is 1. The van der Waals surface area contributed by atoms with Crippen LogP contribution in [-0.2, 0) is 4.74 Å². The Hall–Kier alpha value is -1.26. The largest absolute Gasteiger partial charge is 0.508 e. The lowest BCUT2D eigenvalue weighted by Gasteiger charge is -2.41. The van der Waals surface area contributed by atoms with Gasteiger partial charge in [-0.25, -0.2) is 0 Å². The second kappa shape index (κ2) is 7.14. The molecular formula is C17H28N2O2. The summed E-state index contributed by atoms with van der Waals surface area (Å²) in [6.07, 6.45) is 2.32. The molecule has 0 bridgehead atoms. The maximum Gasteiger partial charge on any atom is 0.115 e. The third-order valence-electron chi connectivity index (χ3n) is 4.15. The lowest BCUT2D eigenvalue weighted by Crippen LogP contribution is -2.49. The Balaban J connectivity index is 2.04. The molecule has 0 aliphatic carbocycles. The van der Waals surface area contributed by atoms with Gasteiger partial charge in [0.2, 0.25) is 0 Å². The number of hydrogen-bond donors (Lipinski definition) is 2. The lowest BCUT2D eigenvalue weighted by atomic mass is 9.81. The first-order valence-electron chi connectivity index (χ1n) is 7.82. The quantitative estimate of drug-likeness (QED) is 0.846. The van der Waals surface area contributed by atoms with Crippen molar-refractivity contribution in [1.82, 2.24) is 5.32 Å². The average Bonchev–Trinajstić information content (AvgIpc) is 2.47. The molecular weight excluding hydrogens is 264 g/mol. The Labute approximate surface area is 128 Å². The SMILES string of the molecule is CC(C)NCC1(CN(C)c2ccc(O)cc2)CCCOC1. The number of nitrogens with one attached hydrogen (secondary N) is 1. The molecule has 1 heterocycles. The highest BCUT2D eigenvalue weighted by atomic mass is 16.5. The van der Waals surface area contributed by atoms with E-state index in [9.17, 15) is 5.11 Å². The minimum absolute atomic E-state index is 0.162. The van der Waals surface area contributed by atoms with E-state index < -0.39 is 0 Å². The molecule has 1 atom stereocenters. The van der Waals surface area contributed by atoms with Crippen LogP contribution in [0.25, 0.3) is 0 Å². The highest BCUT2D eigenvalue weighted by Gasteiger charge is 2.34. The van der Waals surface area contributed by atoms with Crippen LogP contribution in [0, 0.1) is 5.41 Å². The van der Waals surface area contributed by atoms with Gasteiger partial charge in [-0.2, -0.15) is 0 Å². The van der Waals surface area contributed by atoms with Crippen LogP contribution < -0.4 is 10.2 Å². The summed E-state index contributed by atoms with van der Waals surface area (Å²) in [5.74, 6) is 0.310. The molecule has 118 valence electrons. The molecule has 1 fully saturated rings. The van der Waals surface area contributed by atoms with Crippen LogP contribution in [-0.4, -0.2) is 44.5 Å². The third-order valence-corrected chi connectivity index (χ3v) is 4.15. The predicted octanol–water partition coefficient (Wildman–Crippen LogP) is 2.62. The van der Waals surface area contributed by atoms with Crippen LogP contribution in [0.2, 0.25) is 0 Å². The van der Waals surface area contributed by atoms with Gasteiger partial charge in [0.15, 0.2) is 0 Å². The van der Waals surface area contributed by atoms with Crippen molar-refractivity contribution in [2.45, 2.75) is 32.7 Å². The summed E-state index contributed by atoms with van der Waals surface area (Å²) in [6, 6.07) is 7.89. The van der Waals surface area contributed by atoms with Crippen molar-refractivity contribution in [1.29, 1.82) is 0 Å². The number of ether oxygens (including phenoxy) is 1. The first kappa shape index (κ1) is 16.1. The fourth-order valence-electron chi connectivity index (χ4n) is 2.95. The Morgan fingerprint density at radius 2 is 2.05 bits per heavy atom. The molecule has 4 nitrogen and oxygen atoms in total. The second-order valence-electron chi connectivity index (χ2n) is 6.56.